The molecule has 0 spiro atoms. The summed E-state index contributed by atoms with van der Waals surface area (Å²) in [6.45, 7) is 8.23. The van der Waals surface area contributed by atoms with E-state index in [9.17, 15) is 9.59 Å². The highest BCUT2D eigenvalue weighted by molar-refractivity contribution is 5.77. The Hall–Kier alpha value is -1.22. The van der Waals surface area contributed by atoms with Gasteiger partial charge in [-0.2, -0.15) is 0 Å². The Morgan fingerprint density at radius 2 is 0.960 bits per heavy atom. The molecule has 0 aromatic carbocycles. The number of rotatable bonds is 18. The summed E-state index contributed by atoms with van der Waals surface area (Å²) in [5.41, 5.74) is 0. The molecule has 148 valence electrons. The van der Waals surface area contributed by atoms with Gasteiger partial charge in [0.15, 0.2) is 0 Å². The van der Waals surface area contributed by atoms with Crippen molar-refractivity contribution in [2.24, 2.45) is 0 Å². The topological polar surface area (TPSA) is 89.5 Å². The Bertz CT molecular complexity index is 322. The smallest absolute Gasteiger partial charge is 0.306 e. The largest absolute Gasteiger partial charge is 0.463 e. The van der Waals surface area contributed by atoms with Gasteiger partial charge in [0.05, 0.1) is 52.5 Å². The van der Waals surface area contributed by atoms with Crippen LogP contribution in [0.5, 0.6) is 0 Å². The average molecular weight is 364 g/mol. The molecule has 0 heterocycles. The lowest BCUT2D eigenvalue weighted by atomic mass is 10.3. The number of carbonyl (C=O) groups is 2. The normalized spacial score (nSPS) is 10.6. The van der Waals surface area contributed by atoms with Crippen LogP contribution in [0, 0.1) is 0 Å². The molecule has 0 unspecified atom stereocenters. The van der Waals surface area contributed by atoms with Gasteiger partial charge >= 0.3 is 11.9 Å². The first-order valence-electron chi connectivity index (χ1n) is 8.82. The van der Waals surface area contributed by atoms with Gasteiger partial charge in [0.1, 0.15) is 13.2 Å². The van der Waals surface area contributed by atoms with Gasteiger partial charge in [0, 0.05) is 13.2 Å². The first-order valence-corrected chi connectivity index (χ1v) is 8.82. The first kappa shape index (κ1) is 23.8. The molecule has 0 aliphatic rings. The van der Waals surface area contributed by atoms with Crippen LogP contribution in [0.3, 0.4) is 0 Å². The second kappa shape index (κ2) is 19.1. The maximum atomic E-state index is 11.4. The van der Waals surface area contributed by atoms with Crippen molar-refractivity contribution in [1.29, 1.82) is 0 Å². The van der Waals surface area contributed by atoms with Crippen LogP contribution in [0.25, 0.3) is 0 Å². The van der Waals surface area contributed by atoms with E-state index in [4.69, 9.17) is 28.4 Å². The van der Waals surface area contributed by atoms with Crippen LogP contribution in [0.15, 0.2) is 0 Å². The van der Waals surface area contributed by atoms with E-state index in [2.05, 4.69) is 0 Å². The molecule has 0 saturated carbocycles. The molecule has 0 rings (SSSR count). The lowest BCUT2D eigenvalue weighted by Crippen LogP contribution is -2.16. The molecule has 0 saturated heterocycles. The van der Waals surface area contributed by atoms with Crippen LogP contribution in [0.2, 0.25) is 0 Å². The van der Waals surface area contributed by atoms with E-state index in [0.29, 0.717) is 52.9 Å². The van der Waals surface area contributed by atoms with Gasteiger partial charge in [0.25, 0.3) is 0 Å². The Labute approximate surface area is 150 Å². The minimum Gasteiger partial charge on any atom is -0.463 e. The highest BCUT2D eigenvalue weighted by atomic mass is 16.6. The van der Waals surface area contributed by atoms with Gasteiger partial charge in [-0.05, 0) is 13.3 Å². The third kappa shape index (κ3) is 19.0. The Morgan fingerprint density at radius 3 is 1.40 bits per heavy atom. The van der Waals surface area contributed by atoms with E-state index in [-0.39, 0.29) is 26.1 Å². The van der Waals surface area contributed by atoms with Crippen molar-refractivity contribution < 1.29 is 38.0 Å². The van der Waals surface area contributed by atoms with Crippen molar-refractivity contribution in [2.45, 2.75) is 33.1 Å². The molecule has 25 heavy (non-hydrogen) atoms. The molecule has 0 aliphatic heterocycles. The van der Waals surface area contributed by atoms with E-state index in [1.54, 1.807) is 0 Å². The zero-order valence-electron chi connectivity index (χ0n) is 15.5. The molecule has 0 N–H and O–H groups in total. The second-order valence-electron chi connectivity index (χ2n) is 4.97. The zero-order chi connectivity index (χ0) is 18.6. The molecule has 8 nitrogen and oxygen atoms in total. The van der Waals surface area contributed by atoms with Gasteiger partial charge in [-0.3, -0.25) is 9.59 Å². The summed E-state index contributed by atoms with van der Waals surface area (Å²) in [5.74, 6) is -0.898. The summed E-state index contributed by atoms with van der Waals surface area (Å²) in [4.78, 5) is 22.9. The fourth-order valence-corrected chi connectivity index (χ4v) is 1.61. The van der Waals surface area contributed by atoms with Gasteiger partial charge in [0.2, 0.25) is 0 Å². The zero-order valence-corrected chi connectivity index (χ0v) is 15.5. The fourth-order valence-electron chi connectivity index (χ4n) is 1.61. The minimum atomic E-state index is -0.449. The fraction of sp³-hybridized carbons (Fsp3) is 0.882. The van der Waals surface area contributed by atoms with Crippen LogP contribution in [0.1, 0.15) is 33.1 Å². The summed E-state index contributed by atoms with van der Waals surface area (Å²) in [6, 6.07) is 0. The molecule has 0 aromatic heterocycles. The van der Waals surface area contributed by atoms with Crippen LogP contribution in [-0.4, -0.2) is 78.0 Å². The predicted octanol–water partition coefficient (Wildman–Crippen LogP) is 1.35. The summed E-state index contributed by atoms with van der Waals surface area (Å²) < 4.78 is 30.7. The third-order valence-corrected chi connectivity index (χ3v) is 2.81. The molecule has 8 heteroatoms. The second-order valence-corrected chi connectivity index (χ2v) is 4.97. The first-order chi connectivity index (χ1) is 12.2. The van der Waals surface area contributed by atoms with E-state index >= 15 is 0 Å². The monoisotopic (exact) mass is 364 g/mol. The maximum Gasteiger partial charge on any atom is 0.306 e. The lowest BCUT2D eigenvalue weighted by Gasteiger charge is -2.07. The van der Waals surface area contributed by atoms with E-state index in [1.807, 2.05) is 13.8 Å². The molecule has 0 bridgehead atoms. The molecule has 0 aromatic rings. The van der Waals surface area contributed by atoms with Crippen LogP contribution < -0.4 is 0 Å². The van der Waals surface area contributed by atoms with Gasteiger partial charge < -0.3 is 28.4 Å². The van der Waals surface area contributed by atoms with Crippen molar-refractivity contribution >= 4 is 11.9 Å². The highest BCUT2D eigenvalue weighted by Gasteiger charge is 2.09. The van der Waals surface area contributed by atoms with Crippen molar-refractivity contribution in [1.82, 2.24) is 0 Å². The Kier molecular flexibility index (Phi) is 18.2. The van der Waals surface area contributed by atoms with Gasteiger partial charge in [-0.1, -0.05) is 6.92 Å². The quantitative estimate of drug-likeness (QED) is 0.266. The third-order valence-electron chi connectivity index (χ3n) is 2.81. The molecule has 0 atom stereocenters. The van der Waals surface area contributed by atoms with E-state index in [1.165, 1.54) is 0 Å². The lowest BCUT2D eigenvalue weighted by molar-refractivity contribution is -0.152. The Balaban J connectivity index is 3.33. The summed E-state index contributed by atoms with van der Waals surface area (Å²) in [6.07, 6.45) is 0.953. The number of hydrogen-bond donors (Lipinski definition) is 0. The number of esters is 2. The summed E-state index contributed by atoms with van der Waals surface area (Å²) in [5, 5.41) is 0. The minimum absolute atomic E-state index is 0.0103. The van der Waals surface area contributed by atoms with E-state index in [0.717, 1.165) is 6.42 Å². The highest BCUT2D eigenvalue weighted by Crippen LogP contribution is 1.96. The molecular weight excluding hydrogens is 332 g/mol. The van der Waals surface area contributed by atoms with Crippen LogP contribution in [0.4, 0.5) is 0 Å². The summed E-state index contributed by atoms with van der Waals surface area (Å²) >= 11 is 0. The molecule has 0 radical (unpaired) electrons. The van der Waals surface area contributed by atoms with Gasteiger partial charge in [-0.15, -0.1) is 0 Å². The average Bonchev–Trinajstić information content (AvgIpc) is 2.61. The molecule has 0 aliphatic carbocycles. The van der Waals surface area contributed by atoms with Crippen molar-refractivity contribution in [3.63, 3.8) is 0 Å². The van der Waals surface area contributed by atoms with Crippen LogP contribution >= 0.6 is 0 Å². The van der Waals surface area contributed by atoms with Crippen LogP contribution in [-0.2, 0) is 38.0 Å². The predicted molar refractivity (Wildman–Crippen MR) is 90.4 cm³/mol. The SMILES string of the molecule is CCCOCCOCCOC(=O)CCC(=O)OCCOCCOCC. The number of carbonyl (C=O) groups excluding carboxylic acids is 2. The van der Waals surface area contributed by atoms with Crippen molar-refractivity contribution in [2.75, 3.05) is 66.1 Å². The number of hydrogen-bond acceptors (Lipinski definition) is 8. The molecule has 0 amide bonds. The standard InChI is InChI=1S/C17H32O8/c1-3-7-21-10-11-23-13-15-25-17(19)6-5-16(18)24-14-12-22-9-8-20-4-2/h3-15H2,1-2H3. The summed E-state index contributed by atoms with van der Waals surface area (Å²) in [7, 11) is 0. The van der Waals surface area contributed by atoms with Crippen molar-refractivity contribution in [3.05, 3.63) is 0 Å². The molecule has 0 fully saturated rings. The van der Waals surface area contributed by atoms with E-state index < -0.39 is 11.9 Å². The number of ether oxygens (including phenoxy) is 6. The maximum absolute atomic E-state index is 11.4. The molecular formula is C17H32O8. The Morgan fingerprint density at radius 1 is 0.560 bits per heavy atom. The van der Waals surface area contributed by atoms with Crippen molar-refractivity contribution in [3.8, 4) is 0 Å². The van der Waals surface area contributed by atoms with Gasteiger partial charge in [-0.25, -0.2) is 0 Å².